The van der Waals surface area contributed by atoms with E-state index in [2.05, 4.69) is 4.98 Å². The third-order valence-corrected chi connectivity index (χ3v) is 5.66. The fourth-order valence-electron chi connectivity index (χ4n) is 4.00. The minimum absolute atomic E-state index is 0.0337. The van der Waals surface area contributed by atoms with Gasteiger partial charge in [-0.3, -0.25) is 9.78 Å². The lowest BCUT2D eigenvalue weighted by atomic mass is 9.77. The number of fused-ring (bicyclic) bond motifs is 1. The Morgan fingerprint density at radius 1 is 1.28 bits per heavy atom. The highest BCUT2D eigenvalue weighted by Crippen LogP contribution is 2.39. The van der Waals surface area contributed by atoms with E-state index in [1.54, 1.807) is 25.1 Å². The van der Waals surface area contributed by atoms with Crippen LogP contribution in [0.1, 0.15) is 40.2 Å². The number of Topliss-reactive ketones (excluding diaryl/α,β-unsaturated/α-hetero) is 1. The Kier molecular flexibility index (Phi) is 5.96. The van der Waals surface area contributed by atoms with Crippen molar-refractivity contribution in [2.75, 3.05) is 19.8 Å². The first kappa shape index (κ1) is 22.3. The number of carbonyl (C=O) groups excluding carboxylic acids is 1. The van der Waals surface area contributed by atoms with Gasteiger partial charge in [0.2, 0.25) is 0 Å². The van der Waals surface area contributed by atoms with Gasteiger partial charge in [-0.2, -0.15) is 13.2 Å². The molecule has 3 heterocycles. The van der Waals surface area contributed by atoms with Crippen LogP contribution in [0.4, 0.5) is 13.2 Å². The summed E-state index contributed by atoms with van der Waals surface area (Å²) in [7, 11) is 0. The van der Waals surface area contributed by atoms with Gasteiger partial charge in [-0.25, -0.2) is 0 Å². The Labute approximate surface area is 182 Å². The number of rotatable bonds is 8. The maximum Gasteiger partial charge on any atom is 0.433 e. The summed E-state index contributed by atoms with van der Waals surface area (Å²) in [6.07, 6.45) is -2.82. The molecule has 170 valence electrons. The van der Waals surface area contributed by atoms with E-state index in [9.17, 15) is 23.1 Å². The van der Waals surface area contributed by atoms with E-state index < -0.39 is 11.9 Å². The highest BCUT2D eigenvalue weighted by molar-refractivity contribution is 6.08. The number of carbonyl (C=O) groups is 1. The van der Waals surface area contributed by atoms with Crippen molar-refractivity contribution in [3.8, 4) is 5.75 Å². The second kappa shape index (κ2) is 8.55. The van der Waals surface area contributed by atoms with E-state index in [1.165, 1.54) is 12.1 Å². The van der Waals surface area contributed by atoms with Crippen LogP contribution in [0.2, 0.25) is 0 Å². The number of alkyl halides is 3. The molecule has 0 amide bonds. The summed E-state index contributed by atoms with van der Waals surface area (Å²) < 4.78 is 56.1. The Bertz CT molecular complexity index is 1130. The summed E-state index contributed by atoms with van der Waals surface area (Å²) in [5.74, 6) is 0.622. The summed E-state index contributed by atoms with van der Waals surface area (Å²) in [5, 5.41) is 9.85. The molecule has 0 atom stereocenters. The van der Waals surface area contributed by atoms with Crippen molar-refractivity contribution < 1.29 is 37.0 Å². The van der Waals surface area contributed by atoms with Gasteiger partial charge < -0.3 is 19.0 Å². The van der Waals surface area contributed by atoms with Crippen molar-refractivity contribution in [2.45, 2.75) is 32.5 Å². The van der Waals surface area contributed by atoms with Gasteiger partial charge in [-0.15, -0.1) is 0 Å². The second-order valence-electron chi connectivity index (χ2n) is 8.06. The Balaban J connectivity index is 1.58. The number of ketones is 1. The molecule has 1 N–H and O–H groups in total. The van der Waals surface area contributed by atoms with Gasteiger partial charge in [-0.05, 0) is 37.6 Å². The monoisotopic (exact) mass is 449 g/mol. The maximum absolute atomic E-state index is 13.2. The number of pyridine rings is 1. The number of aliphatic hydroxyl groups excluding tert-OH is 1. The lowest BCUT2D eigenvalue weighted by molar-refractivity contribution is -0.142. The van der Waals surface area contributed by atoms with Gasteiger partial charge in [0, 0.05) is 35.6 Å². The highest BCUT2D eigenvalue weighted by Gasteiger charge is 2.41. The van der Waals surface area contributed by atoms with Crippen molar-refractivity contribution in [1.82, 2.24) is 4.98 Å². The van der Waals surface area contributed by atoms with Crippen molar-refractivity contribution in [3.63, 3.8) is 0 Å². The van der Waals surface area contributed by atoms with E-state index in [0.717, 1.165) is 6.20 Å². The zero-order valence-corrected chi connectivity index (χ0v) is 17.4. The number of aliphatic hydroxyl groups is 1. The summed E-state index contributed by atoms with van der Waals surface area (Å²) in [6, 6.07) is 7.53. The zero-order chi connectivity index (χ0) is 22.9. The molecule has 3 aromatic rings. The molecule has 2 aromatic heterocycles. The molecule has 1 aliphatic heterocycles. The van der Waals surface area contributed by atoms with Crippen LogP contribution in [0, 0.1) is 12.3 Å². The number of hydrogen-bond donors (Lipinski definition) is 1. The van der Waals surface area contributed by atoms with Gasteiger partial charge in [0.1, 0.15) is 23.7 Å². The molecule has 1 fully saturated rings. The van der Waals surface area contributed by atoms with Gasteiger partial charge in [0.25, 0.3) is 0 Å². The quantitative estimate of drug-likeness (QED) is 0.502. The second-order valence-corrected chi connectivity index (χ2v) is 8.06. The number of aromatic nitrogens is 1. The molecule has 32 heavy (non-hydrogen) atoms. The lowest BCUT2D eigenvalue weighted by Gasteiger charge is -2.40. The standard InChI is InChI=1S/C23H22F3NO5/c1-14-20(18(29)10-22(6-8-28)12-30-13-22)17-9-16(4-5-19(17)32-14)31-11-15-3-2-7-27-21(15)23(24,25)26/h2-5,7,9,28H,6,8,10-13H2,1H3. The minimum Gasteiger partial charge on any atom is -0.489 e. The Hall–Kier alpha value is -2.91. The number of furan rings is 1. The number of ether oxygens (including phenoxy) is 2. The fraction of sp³-hybridized carbons (Fsp3) is 0.391. The third-order valence-electron chi connectivity index (χ3n) is 5.66. The van der Waals surface area contributed by atoms with E-state index >= 15 is 0 Å². The lowest BCUT2D eigenvalue weighted by Crippen LogP contribution is -2.44. The molecule has 6 nitrogen and oxygen atoms in total. The molecule has 0 radical (unpaired) electrons. The van der Waals surface area contributed by atoms with Crippen LogP contribution in [-0.4, -0.2) is 35.7 Å². The predicted molar refractivity (Wildman–Crippen MR) is 108 cm³/mol. The maximum atomic E-state index is 13.2. The molecular formula is C23H22F3NO5. The molecule has 0 bridgehead atoms. The van der Waals surface area contributed by atoms with Crippen LogP contribution in [0.5, 0.6) is 5.75 Å². The number of hydrogen-bond acceptors (Lipinski definition) is 6. The largest absolute Gasteiger partial charge is 0.489 e. The van der Waals surface area contributed by atoms with E-state index in [1.807, 2.05) is 0 Å². The zero-order valence-electron chi connectivity index (χ0n) is 17.4. The highest BCUT2D eigenvalue weighted by atomic mass is 19.4. The molecule has 0 unspecified atom stereocenters. The fourth-order valence-corrected chi connectivity index (χ4v) is 4.00. The average molecular weight is 449 g/mol. The normalized spacial score (nSPS) is 15.5. The van der Waals surface area contributed by atoms with Crippen molar-refractivity contribution >= 4 is 16.8 Å². The van der Waals surface area contributed by atoms with Gasteiger partial charge in [0.05, 0.1) is 18.8 Å². The molecule has 0 aliphatic carbocycles. The summed E-state index contributed by atoms with van der Waals surface area (Å²) in [6.45, 7) is 2.15. The SMILES string of the molecule is Cc1oc2ccc(OCc3cccnc3C(F)(F)F)cc2c1C(=O)CC1(CCO)COC1. The topological polar surface area (TPSA) is 81.8 Å². The predicted octanol–water partition coefficient (Wildman–Crippen LogP) is 4.71. The van der Waals surface area contributed by atoms with Crippen LogP contribution in [0.25, 0.3) is 11.0 Å². The Morgan fingerprint density at radius 3 is 2.72 bits per heavy atom. The van der Waals surface area contributed by atoms with Crippen LogP contribution in [0.3, 0.4) is 0 Å². The molecule has 4 rings (SSSR count). The minimum atomic E-state index is -4.58. The first-order chi connectivity index (χ1) is 15.2. The molecule has 1 saturated heterocycles. The van der Waals surface area contributed by atoms with Gasteiger partial charge in [0.15, 0.2) is 11.5 Å². The van der Waals surface area contributed by atoms with E-state index in [0.29, 0.717) is 47.7 Å². The Morgan fingerprint density at radius 2 is 2.06 bits per heavy atom. The number of nitrogens with zero attached hydrogens (tertiary/aromatic N) is 1. The van der Waals surface area contributed by atoms with E-state index in [-0.39, 0.29) is 36.4 Å². The molecular weight excluding hydrogens is 427 g/mol. The van der Waals surface area contributed by atoms with Gasteiger partial charge in [-0.1, -0.05) is 6.07 Å². The van der Waals surface area contributed by atoms with Crippen LogP contribution >= 0.6 is 0 Å². The first-order valence-electron chi connectivity index (χ1n) is 10.1. The molecule has 0 spiro atoms. The van der Waals surface area contributed by atoms with Crippen molar-refractivity contribution in [1.29, 1.82) is 0 Å². The summed E-state index contributed by atoms with van der Waals surface area (Å²) in [5.41, 5.74) is -0.572. The molecule has 1 aromatic carbocycles. The smallest absolute Gasteiger partial charge is 0.433 e. The van der Waals surface area contributed by atoms with Crippen LogP contribution in [-0.2, 0) is 17.5 Å². The summed E-state index contributed by atoms with van der Waals surface area (Å²) >= 11 is 0. The molecule has 1 aliphatic rings. The van der Waals surface area contributed by atoms with Crippen molar-refractivity contribution in [3.05, 3.63) is 59.1 Å². The molecule has 0 saturated carbocycles. The third kappa shape index (κ3) is 4.35. The summed E-state index contributed by atoms with van der Waals surface area (Å²) in [4.78, 5) is 16.5. The number of benzene rings is 1. The average Bonchev–Trinajstić information content (AvgIpc) is 3.05. The number of aryl methyl sites for hydroxylation is 1. The van der Waals surface area contributed by atoms with E-state index in [4.69, 9.17) is 13.9 Å². The van der Waals surface area contributed by atoms with Gasteiger partial charge >= 0.3 is 6.18 Å². The van der Waals surface area contributed by atoms with Crippen LogP contribution in [0.15, 0.2) is 40.9 Å². The first-order valence-corrected chi connectivity index (χ1v) is 10.1. The van der Waals surface area contributed by atoms with Crippen molar-refractivity contribution in [2.24, 2.45) is 5.41 Å². The molecule has 9 heteroatoms. The number of halogens is 3. The van der Waals surface area contributed by atoms with Crippen LogP contribution < -0.4 is 4.74 Å².